The maximum atomic E-state index is 4.50. The summed E-state index contributed by atoms with van der Waals surface area (Å²) in [7, 11) is 0. The minimum Gasteiger partial charge on any atom is -0.353 e. The Morgan fingerprint density at radius 3 is 2.60 bits per heavy atom. The highest BCUT2D eigenvalue weighted by Crippen LogP contribution is 2.25. The summed E-state index contributed by atoms with van der Waals surface area (Å²) >= 11 is 0. The minimum absolute atomic E-state index is 0.307. The van der Waals surface area contributed by atoms with Crippen molar-refractivity contribution in [2.24, 2.45) is 0 Å². The summed E-state index contributed by atoms with van der Waals surface area (Å²) in [6.45, 7) is 4.35. The zero-order valence-corrected chi connectivity index (χ0v) is 12.3. The molecule has 0 radical (unpaired) electrons. The number of rotatable bonds is 4. The fourth-order valence-corrected chi connectivity index (χ4v) is 3.00. The van der Waals surface area contributed by atoms with Crippen molar-refractivity contribution in [2.75, 3.05) is 5.32 Å². The molecule has 1 saturated carbocycles. The molecule has 3 heteroatoms. The molecule has 3 nitrogen and oxygen atoms in total. The number of anilines is 1. The lowest BCUT2D eigenvalue weighted by atomic mass is 10.1. The van der Waals surface area contributed by atoms with Gasteiger partial charge in [0, 0.05) is 18.4 Å². The van der Waals surface area contributed by atoms with Crippen molar-refractivity contribution in [3.63, 3.8) is 0 Å². The zero-order valence-electron chi connectivity index (χ0n) is 12.3. The molecule has 0 aliphatic heterocycles. The SMILES string of the molecule is Cc1ccc(C(C)n2ccnc2NC2CCCC2)cc1. The summed E-state index contributed by atoms with van der Waals surface area (Å²) in [5.41, 5.74) is 2.62. The molecule has 1 heterocycles. The molecule has 106 valence electrons. The molecule has 0 amide bonds. The Morgan fingerprint density at radius 2 is 1.90 bits per heavy atom. The number of nitrogens with one attached hydrogen (secondary N) is 1. The summed E-state index contributed by atoms with van der Waals surface area (Å²) in [4.78, 5) is 4.50. The van der Waals surface area contributed by atoms with Gasteiger partial charge in [0.1, 0.15) is 0 Å². The van der Waals surface area contributed by atoms with Crippen LogP contribution in [0, 0.1) is 6.92 Å². The summed E-state index contributed by atoms with van der Waals surface area (Å²) in [5.74, 6) is 1.00. The van der Waals surface area contributed by atoms with Crippen LogP contribution in [0.1, 0.15) is 49.8 Å². The van der Waals surface area contributed by atoms with Crippen LogP contribution in [-0.2, 0) is 0 Å². The maximum Gasteiger partial charge on any atom is 0.203 e. The number of aryl methyl sites for hydroxylation is 1. The molecule has 1 atom stereocenters. The average molecular weight is 269 g/mol. The maximum absolute atomic E-state index is 4.50. The molecule has 1 unspecified atom stereocenters. The van der Waals surface area contributed by atoms with Crippen LogP contribution in [0.4, 0.5) is 5.95 Å². The third-order valence-corrected chi connectivity index (χ3v) is 4.33. The van der Waals surface area contributed by atoms with Gasteiger partial charge in [-0.05, 0) is 32.3 Å². The number of hydrogen-bond donors (Lipinski definition) is 1. The van der Waals surface area contributed by atoms with Crippen LogP contribution in [-0.4, -0.2) is 15.6 Å². The first-order valence-electron chi connectivity index (χ1n) is 7.60. The van der Waals surface area contributed by atoms with Gasteiger partial charge >= 0.3 is 0 Å². The standard InChI is InChI=1S/C17H23N3/c1-13-7-9-15(10-8-13)14(2)20-12-11-18-17(20)19-16-5-3-4-6-16/h7-12,14,16H,3-6H2,1-2H3,(H,18,19). The van der Waals surface area contributed by atoms with Crippen molar-refractivity contribution >= 4 is 5.95 Å². The molecule has 1 aromatic heterocycles. The minimum atomic E-state index is 0.307. The van der Waals surface area contributed by atoms with Crippen LogP contribution in [0.15, 0.2) is 36.7 Å². The molecule has 0 spiro atoms. The zero-order chi connectivity index (χ0) is 13.9. The van der Waals surface area contributed by atoms with Gasteiger partial charge in [-0.15, -0.1) is 0 Å². The van der Waals surface area contributed by atoms with E-state index in [2.05, 4.69) is 59.2 Å². The van der Waals surface area contributed by atoms with Gasteiger partial charge < -0.3 is 9.88 Å². The Hall–Kier alpha value is -1.77. The van der Waals surface area contributed by atoms with E-state index in [0.717, 1.165) is 5.95 Å². The molecule has 20 heavy (non-hydrogen) atoms. The third-order valence-electron chi connectivity index (χ3n) is 4.33. The van der Waals surface area contributed by atoms with Crippen LogP contribution in [0.5, 0.6) is 0 Å². The van der Waals surface area contributed by atoms with Gasteiger partial charge in [-0.1, -0.05) is 42.7 Å². The van der Waals surface area contributed by atoms with E-state index in [9.17, 15) is 0 Å². The van der Waals surface area contributed by atoms with E-state index >= 15 is 0 Å². The van der Waals surface area contributed by atoms with E-state index in [0.29, 0.717) is 12.1 Å². The molecule has 0 saturated heterocycles. The lowest BCUT2D eigenvalue weighted by Gasteiger charge is -2.20. The second-order valence-electron chi connectivity index (χ2n) is 5.87. The van der Waals surface area contributed by atoms with E-state index < -0.39 is 0 Å². The molecule has 2 aromatic rings. The highest BCUT2D eigenvalue weighted by Gasteiger charge is 2.18. The molecule has 1 N–H and O–H groups in total. The van der Waals surface area contributed by atoms with Crippen LogP contribution < -0.4 is 5.32 Å². The molecule has 3 rings (SSSR count). The predicted octanol–water partition coefficient (Wildman–Crippen LogP) is 4.16. The van der Waals surface area contributed by atoms with Crippen molar-refractivity contribution in [1.82, 2.24) is 9.55 Å². The van der Waals surface area contributed by atoms with Crippen molar-refractivity contribution in [3.8, 4) is 0 Å². The van der Waals surface area contributed by atoms with Gasteiger partial charge in [-0.25, -0.2) is 4.98 Å². The molecule has 1 aliphatic rings. The highest BCUT2D eigenvalue weighted by atomic mass is 15.2. The van der Waals surface area contributed by atoms with Gasteiger partial charge in [-0.3, -0.25) is 0 Å². The first-order valence-corrected chi connectivity index (χ1v) is 7.60. The Labute approximate surface area is 121 Å². The van der Waals surface area contributed by atoms with Crippen molar-refractivity contribution in [2.45, 2.75) is 51.6 Å². The molecular formula is C17H23N3. The second kappa shape index (κ2) is 5.70. The largest absolute Gasteiger partial charge is 0.353 e. The lowest BCUT2D eigenvalue weighted by molar-refractivity contribution is 0.630. The molecule has 1 fully saturated rings. The number of aromatic nitrogens is 2. The lowest BCUT2D eigenvalue weighted by Crippen LogP contribution is -2.19. The molecule has 1 aromatic carbocycles. The quantitative estimate of drug-likeness (QED) is 0.903. The number of nitrogens with zero attached hydrogens (tertiary/aromatic N) is 2. The molecular weight excluding hydrogens is 246 g/mol. The summed E-state index contributed by atoms with van der Waals surface area (Å²) < 4.78 is 2.24. The van der Waals surface area contributed by atoms with Crippen molar-refractivity contribution in [3.05, 3.63) is 47.8 Å². The van der Waals surface area contributed by atoms with Crippen LogP contribution in [0.25, 0.3) is 0 Å². The van der Waals surface area contributed by atoms with Gasteiger partial charge in [-0.2, -0.15) is 0 Å². The predicted molar refractivity (Wildman–Crippen MR) is 83.1 cm³/mol. The van der Waals surface area contributed by atoms with E-state index in [1.807, 2.05) is 6.20 Å². The first-order chi connectivity index (χ1) is 9.74. The Kier molecular flexibility index (Phi) is 3.77. The van der Waals surface area contributed by atoms with E-state index in [4.69, 9.17) is 0 Å². The Bertz CT molecular complexity index is 550. The fraction of sp³-hybridized carbons (Fsp3) is 0.471. The fourth-order valence-electron chi connectivity index (χ4n) is 3.00. The van der Waals surface area contributed by atoms with E-state index in [1.165, 1.54) is 36.8 Å². The van der Waals surface area contributed by atoms with E-state index in [1.54, 1.807) is 0 Å². The van der Waals surface area contributed by atoms with Gasteiger partial charge in [0.15, 0.2) is 0 Å². The Balaban J connectivity index is 1.79. The smallest absolute Gasteiger partial charge is 0.203 e. The highest BCUT2D eigenvalue weighted by molar-refractivity contribution is 5.32. The second-order valence-corrected chi connectivity index (χ2v) is 5.87. The average Bonchev–Trinajstić information content (AvgIpc) is 3.11. The van der Waals surface area contributed by atoms with Gasteiger partial charge in [0.25, 0.3) is 0 Å². The number of hydrogen-bond acceptors (Lipinski definition) is 2. The van der Waals surface area contributed by atoms with Crippen LogP contribution in [0.2, 0.25) is 0 Å². The van der Waals surface area contributed by atoms with Crippen molar-refractivity contribution in [1.29, 1.82) is 0 Å². The summed E-state index contributed by atoms with van der Waals surface area (Å²) in [6, 6.07) is 9.67. The third kappa shape index (κ3) is 2.72. The monoisotopic (exact) mass is 269 g/mol. The topological polar surface area (TPSA) is 29.9 Å². The van der Waals surface area contributed by atoms with Crippen molar-refractivity contribution < 1.29 is 0 Å². The van der Waals surface area contributed by atoms with Crippen LogP contribution in [0.3, 0.4) is 0 Å². The van der Waals surface area contributed by atoms with Gasteiger partial charge in [0.05, 0.1) is 6.04 Å². The first kappa shape index (κ1) is 13.2. The van der Waals surface area contributed by atoms with Crippen LogP contribution >= 0.6 is 0 Å². The molecule has 1 aliphatic carbocycles. The molecule has 0 bridgehead atoms. The summed E-state index contributed by atoms with van der Waals surface area (Å²) in [6.07, 6.45) is 9.18. The van der Waals surface area contributed by atoms with E-state index in [-0.39, 0.29) is 0 Å². The Morgan fingerprint density at radius 1 is 1.20 bits per heavy atom. The summed E-state index contributed by atoms with van der Waals surface area (Å²) in [5, 5.41) is 3.60. The normalized spacial score (nSPS) is 17.3. The number of imidazole rings is 1. The number of benzene rings is 1. The van der Waals surface area contributed by atoms with Gasteiger partial charge in [0.2, 0.25) is 5.95 Å².